The van der Waals surface area contributed by atoms with Crippen LogP contribution >= 0.6 is 36.2 Å². The summed E-state index contributed by atoms with van der Waals surface area (Å²) < 4.78 is 0. The van der Waals surface area contributed by atoms with Crippen molar-refractivity contribution < 1.29 is 15.0 Å². The molecule has 2 aliphatic rings. The summed E-state index contributed by atoms with van der Waals surface area (Å²) in [4.78, 5) is 20.7. The van der Waals surface area contributed by atoms with Gasteiger partial charge < -0.3 is 20.4 Å². The molecule has 3 N–H and O–H groups in total. The molecule has 2 aliphatic heterocycles. The van der Waals surface area contributed by atoms with Crippen LogP contribution in [0.1, 0.15) is 28.1 Å². The summed E-state index contributed by atoms with van der Waals surface area (Å²) in [6, 6.07) is 7.49. The number of aromatic nitrogens is 1. The van der Waals surface area contributed by atoms with Gasteiger partial charge in [0.1, 0.15) is 11.4 Å². The summed E-state index contributed by atoms with van der Waals surface area (Å²) in [5, 5.41) is 23.8. The number of carbonyl (C=O) groups is 1. The van der Waals surface area contributed by atoms with Crippen LogP contribution in [0.5, 0.6) is 0 Å². The molecule has 2 aromatic heterocycles. The van der Waals surface area contributed by atoms with E-state index in [1.165, 1.54) is 4.88 Å². The number of thiophene rings is 1. The highest BCUT2D eigenvalue weighted by atomic mass is 35.5. The summed E-state index contributed by atoms with van der Waals surface area (Å²) in [6.45, 7) is 4.86. The standard InChI is InChI=1S/C19H23N3O3S.2ClH/c1-12-2-5-16(26-12)15-4-3-14(18(23)24)17(21-15)22-9-7-19(25)6-8-20-10-13(19)11-22;;/h2-5,13,20,25H,6-11H2,1H3,(H,23,24);2*1H/t13-,19-;;/m0../s1. The van der Waals surface area contributed by atoms with E-state index in [4.69, 9.17) is 4.98 Å². The number of hydrogen-bond acceptors (Lipinski definition) is 6. The van der Waals surface area contributed by atoms with Crippen molar-refractivity contribution in [3.05, 3.63) is 34.7 Å². The SMILES string of the molecule is Cc1ccc(-c2ccc(C(=O)O)c(N3CC[C@@]4(O)CCNC[C@H]4C3)n2)s1.Cl.Cl. The maximum absolute atomic E-state index is 11.7. The first-order chi connectivity index (χ1) is 12.5. The summed E-state index contributed by atoms with van der Waals surface area (Å²) in [6.07, 6.45) is 1.39. The summed E-state index contributed by atoms with van der Waals surface area (Å²) in [7, 11) is 0. The maximum Gasteiger partial charge on any atom is 0.339 e. The Bertz CT molecular complexity index is 848. The number of aryl methyl sites for hydroxylation is 1. The van der Waals surface area contributed by atoms with Gasteiger partial charge in [0, 0.05) is 30.4 Å². The maximum atomic E-state index is 11.7. The fraction of sp³-hybridized carbons (Fsp3) is 0.474. The molecule has 2 saturated heterocycles. The number of carboxylic acids is 1. The summed E-state index contributed by atoms with van der Waals surface area (Å²) in [5.41, 5.74) is 0.370. The summed E-state index contributed by atoms with van der Waals surface area (Å²) >= 11 is 1.65. The molecule has 0 saturated carbocycles. The van der Waals surface area contributed by atoms with E-state index < -0.39 is 11.6 Å². The van der Waals surface area contributed by atoms with Gasteiger partial charge in [-0.3, -0.25) is 0 Å². The average molecular weight is 446 g/mol. The minimum Gasteiger partial charge on any atom is -0.478 e. The second kappa shape index (κ2) is 8.97. The number of anilines is 1. The molecule has 2 atom stereocenters. The van der Waals surface area contributed by atoms with Gasteiger partial charge in [-0.15, -0.1) is 36.2 Å². The van der Waals surface area contributed by atoms with Crippen LogP contribution in [-0.2, 0) is 0 Å². The molecule has 9 heteroatoms. The van der Waals surface area contributed by atoms with Crippen LogP contribution in [0, 0.1) is 12.8 Å². The second-order valence-electron chi connectivity index (χ2n) is 7.23. The van der Waals surface area contributed by atoms with Crippen molar-refractivity contribution in [1.29, 1.82) is 0 Å². The number of halogens is 2. The van der Waals surface area contributed by atoms with Gasteiger partial charge in [0.15, 0.2) is 0 Å². The highest BCUT2D eigenvalue weighted by Gasteiger charge is 2.43. The number of aromatic carboxylic acids is 1. The Morgan fingerprint density at radius 1 is 1.29 bits per heavy atom. The molecule has 4 heterocycles. The number of nitrogens with one attached hydrogen (secondary N) is 1. The van der Waals surface area contributed by atoms with Crippen molar-refractivity contribution in [3.63, 3.8) is 0 Å². The molecule has 0 unspecified atom stereocenters. The number of nitrogens with zero attached hydrogens (tertiary/aromatic N) is 2. The van der Waals surface area contributed by atoms with E-state index in [2.05, 4.69) is 5.32 Å². The average Bonchev–Trinajstić information content (AvgIpc) is 3.07. The molecular formula is C19H25Cl2N3O3S. The fourth-order valence-electron chi connectivity index (χ4n) is 3.98. The van der Waals surface area contributed by atoms with E-state index in [0.717, 1.165) is 30.1 Å². The van der Waals surface area contributed by atoms with Crippen LogP contribution in [-0.4, -0.2) is 52.9 Å². The zero-order valence-corrected chi connectivity index (χ0v) is 18.0. The molecule has 0 bridgehead atoms. The van der Waals surface area contributed by atoms with Gasteiger partial charge in [0.2, 0.25) is 0 Å². The van der Waals surface area contributed by atoms with E-state index >= 15 is 0 Å². The van der Waals surface area contributed by atoms with Crippen molar-refractivity contribution in [2.24, 2.45) is 5.92 Å². The number of carboxylic acid groups (broad SMARTS) is 1. The highest BCUT2D eigenvalue weighted by Crippen LogP contribution is 2.36. The van der Waals surface area contributed by atoms with Gasteiger partial charge in [-0.25, -0.2) is 9.78 Å². The second-order valence-corrected chi connectivity index (χ2v) is 8.52. The monoisotopic (exact) mass is 445 g/mol. The quantitative estimate of drug-likeness (QED) is 0.672. The van der Waals surface area contributed by atoms with Crippen LogP contribution in [0.2, 0.25) is 0 Å². The first kappa shape index (κ1) is 22.9. The van der Waals surface area contributed by atoms with Gasteiger partial charge in [-0.1, -0.05) is 0 Å². The minimum absolute atomic E-state index is 0. The minimum atomic E-state index is -0.969. The lowest BCUT2D eigenvalue weighted by Gasteiger charge is -2.48. The smallest absolute Gasteiger partial charge is 0.339 e. The molecule has 0 aliphatic carbocycles. The molecule has 154 valence electrons. The number of piperidine rings is 2. The Labute approximate surface area is 180 Å². The van der Waals surface area contributed by atoms with Crippen molar-refractivity contribution in [2.45, 2.75) is 25.4 Å². The Hall–Kier alpha value is -1.38. The third-order valence-corrected chi connectivity index (χ3v) is 6.56. The Morgan fingerprint density at radius 3 is 2.75 bits per heavy atom. The van der Waals surface area contributed by atoms with Crippen LogP contribution in [0.25, 0.3) is 10.6 Å². The first-order valence-corrected chi connectivity index (χ1v) is 9.77. The van der Waals surface area contributed by atoms with Crippen LogP contribution in [0.4, 0.5) is 5.82 Å². The van der Waals surface area contributed by atoms with Gasteiger partial charge in [-0.05, 0) is 50.6 Å². The van der Waals surface area contributed by atoms with Crippen LogP contribution in [0.15, 0.2) is 24.3 Å². The van der Waals surface area contributed by atoms with Gasteiger partial charge in [-0.2, -0.15) is 0 Å². The molecule has 4 rings (SSSR count). The van der Waals surface area contributed by atoms with E-state index in [9.17, 15) is 15.0 Å². The third-order valence-electron chi connectivity index (χ3n) is 5.54. The van der Waals surface area contributed by atoms with Crippen molar-refractivity contribution in [3.8, 4) is 10.6 Å². The predicted molar refractivity (Wildman–Crippen MR) is 116 cm³/mol. The lowest BCUT2D eigenvalue weighted by Crippen LogP contribution is -2.59. The van der Waals surface area contributed by atoms with Crippen LogP contribution in [0.3, 0.4) is 0 Å². The number of aliphatic hydroxyl groups is 1. The molecule has 2 aromatic rings. The Balaban J connectivity index is 0.00000140. The van der Waals surface area contributed by atoms with E-state index in [0.29, 0.717) is 25.3 Å². The molecule has 0 aromatic carbocycles. The number of pyridine rings is 1. The normalized spacial score (nSPS) is 23.9. The number of hydrogen-bond donors (Lipinski definition) is 3. The Kier molecular flexibility index (Phi) is 7.33. The Morgan fingerprint density at radius 2 is 2.07 bits per heavy atom. The number of fused-ring (bicyclic) bond motifs is 1. The van der Waals surface area contributed by atoms with Crippen molar-refractivity contribution >= 4 is 47.9 Å². The molecular weight excluding hydrogens is 421 g/mol. The van der Waals surface area contributed by atoms with E-state index in [-0.39, 0.29) is 36.3 Å². The number of rotatable bonds is 3. The molecule has 28 heavy (non-hydrogen) atoms. The topological polar surface area (TPSA) is 85.7 Å². The largest absolute Gasteiger partial charge is 0.478 e. The van der Waals surface area contributed by atoms with Crippen LogP contribution < -0.4 is 10.2 Å². The van der Waals surface area contributed by atoms with Gasteiger partial charge >= 0.3 is 5.97 Å². The first-order valence-electron chi connectivity index (χ1n) is 8.95. The zero-order valence-electron chi connectivity index (χ0n) is 15.6. The van der Waals surface area contributed by atoms with Gasteiger partial charge in [0.25, 0.3) is 0 Å². The highest BCUT2D eigenvalue weighted by molar-refractivity contribution is 7.15. The van der Waals surface area contributed by atoms with Crippen molar-refractivity contribution in [2.75, 3.05) is 31.1 Å². The fourth-order valence-corrected chi connectivity index (χ4v) is 4.82. The van der Waals surface area contributed by atoms with Crippen molar-refractivity contribution in [1.82, 2.24) is 10.3 Å². The third kappa shape index (κ3) is 4.28. The molecule has 6 nitrogen and oxygen atoms in total. The summed E-state index contributed by atoms with van der Waals surface area (Å²) in [5.74, 6) is -0.376. The van der Waals surface area contributed by atoms with Gasteiger partial charge in [0.05, 0.1) is 16.2 Å². The predicted octanol–water partition coefficient (Wildman–Crippen LogP) is 3.21. The lowest BCUT2D eigenvalue weighted by atomic mass is 9.76. The molecule has 0 spiro atoms. The molecule has 0 amide bonds. The lowest BCUT2D eigenvalue weighted by molar-refractivity contribution is -0.0539. The van der Waals surface area contributed by atoms with E-state index in [1.54, 1.807) is 23.5 Å². The van der Waals surface area contributed by atoms with E-state index in [1.807, 2.05) is 24.0 Å². The zero-order chi connectivity index (χ0) is 18.3. The molecule has 2 fully saturated rings. The molecule has 0 radical (unpaired) electrons.